The number of ether oxygens (including phenoxy) is 1. The van der Waals surface area contributed by atoms with E-state index in [4.69, 9.17) is 10.5 Å². The summed E-state index contributed by atoms with van der Waals surface area (Å²) >= 11 is 0. The molecule has 0 spiro atoms. The number of nitrogens with zero attached hydrogens (tertiary/aromatic N) is 1. The number of carbonyl (C=O) groups is 2. The van der Waals surface area contributed by atoms with Crippen molar-refractivity contribution in [3.63, 3.8) is 0 Å². The van der Waals surface area contributed by atoms with Crippen LogP contribution in [0.2, 0.25) is 0 Å². The van der Waals surface area contributed by atoms with Gasteiger partial charge in [0.1, 0.15) is 5.75 Å². The number of para-hydroxylation sites is 1. The van der Waals surface area contributed by atoms with Crippen molar-refractivity contribution < 1.29 is 14.3 Å². The van der Waals surface area contributed by atoms with Gasteiger partial charge in [0.15, 0.2) is 0 Å². The van der Waals surface area contributed by atoms with Gasteiger partial charge in [-0.15, -0.1) is 0 Å². The molecule has 3 aromatic rings. The Hall–Kier alpha value is -4.06. The number of nitrogens with two attached hydrogens (primary N) is 1. The Kier molecular flexibility index (Phi) is 7.65. The highest BCUT2D eigenvalue weighted by molar-refractivity contribution is 6.04. The molecule has 0 fully saturated rings. The van der Waals surface area contributed by atoms with Crippen LogP contribution in [-0.4, -0.2) is 25.5 Å². The molecule has 6 heteroatoms. The lowest BCUT2D eigenvalue weighted by atomic mass is 10.1. The van der Waals surface area contributed by atoms with Crippen molar-refractivity contribution in [2.75, 3.05) is 23.9 Å². The topological polar surface area (TPSA) is 84.7 Å². The van der Waals surface area contributed by atoms with Gasteiger partial charge in [0.05, 0.1) is 13.7 Å². The van der Waals surface area contributed by atoms with Crippen LogP contribution in [0, 0.1) is 0 Å². The zero-order chi connectivity index (χ0) is 22.9. The third-order valence-corrected chi connectivity index (χ3v) is 4.92. The first kappa shape index (κ1) is 22.6. The molecule has 32 heavy (non-hydrogen) atoms. The minimum atomic E-state index is -0.425. The van der Waals surface area contributed by atoms with Gasteiger partial charge in [-0.3, -0.25) is 9.59 Å². The zero-order valence-electron chi connectivity index (χ0n) is 18.2. The number of nitrogens with one attached hydrogen (secondary N) is 1. The van der Waals surface area contributed by atoms with Crippen LogP contribution in [0.4, 0.5) is 11.4 Å². The number of allylic oxidation sites excluding steroid dienone is 1. The largest absolute Gasteiger partial charge is 0.496 e. The summed E-state index contributed by atoms with van der Waals surface area (Å²) in [6.45, 7) is 2.45. The quantitative estimate of drug-likeness (QED) is 0.499. The number of anilines is 2. The highest BCUT2D eigenvalue weighted by Gasteiger charge is 2.12. The first-order valence-electron chi connectivity index (χ1n) is 10.3. The van der Waals surface area contributed by atoms with Gasteiger partial charge in [-0.25, -0.2) is 0 Å². The van der Waals surface area contributed by atoms with Crippen LogP contribution in [0.5, 0.6) is 5.75 Å². The first-order valence-corrected chi connectivity index (χ1v) is 10.3. The molecule has 0 radical (unpaired) electrons. The molecular formula is C26H27N3O3. The Morgan fingerprint density at radius 3 is 2.44 bits per heavy atom. The van der Waals surface area contributed by atoms with E-state index in [0.717, 1.165) is 22.4 Å². The normalized spacial score (nSPS) is 11.0. The molecule has 0 saturated carbocycles. The van der Waals surface area contributed by atoms with E-state index in [1.54, 1.807) is 13.2 Å². The van der Waals surface area contributed by atoms with Crippen molar-refractivity contribution in [2.45, 2.75) is 13.5 Å². The molecule has 0 aliphatic carbocycles. The van der Waals surface area contributed by atoms with E-state index < -0.39 is 5.91 Å². The standard InChI is InChI=1S/C26H27N3O3/c1-19(23-13-6-7-14-24(23)32-2)15-26(31)28-21-11-8-12-22(16-21)29(18-25(27)30)17-20-9-4-3-5-10-20/h3-16H,17-18H2,1-2H3,(H2,27,30)(H,28,31). The SMILES string of the molecule is COc1ccccc1C(C)=CC(=O)Nc1cccc(N(CC(N)=O)Cc2ccccc2)c1. The summed E-state index contributed by atoms with van der Waals surface area (Å²) < 4.78 is 5.37. The lowest BCUT2D eigenvalue weighted by molar-refractivity contribution is -0.116. The molecule has 164 valence electrons. The van der Waals surface area contributed by atoms with E-state index in [2.05, 4.69) is 5.32 Å². The van der Waals surface area contributed by atoms with E-state index in [1.807, 2.05) is 84.6 Å². The summed E-state index contributed by atoms with van der Waals surface area (Å²) in [5.74, 6) is 0.0276. The molecule has 0 bridgehead atoms. The Morgan fingerprint density at radius 1 is 1.00 bits per heavy atom. The molecule has 2 amide bonds. The fourth-order valence-corrected chi connectivity index (χ4v) is 3.43. The monoisotopic (exact) mass is 429 g/mol. The van der Waals surface area contributed by atoms with Crippen LogP contribution in [0.3, 0.4) is 0 Å². The maximum Gasteiger partial charge on any atom is 0.248 e. The Morgan fingerprint density at radius 2 is 1.72 bits per heavy atom. The summed E-state index contributed by atoms with van der Waals surface area (Å²) in [6, 6.07) is 24.7. The molecule has 0 unspecified atom stereocenters. The van der Waals surface area contributed by atoms with Gasteiger partial charge < -0.3 is 20.7 Å². The van der Waals surface area contributed by atoms with Crippen molar-refractivity contribution in [1.82, 2.24) is 0 Å². The summed E-state index contributed by atoms with van der Waals surface area (Å²) in [5, 5.41) is 2.89. The van der Waals surface area contributed by atoms with E-state index in [1.165, 1.54) is 6.08 Å². The molecule has 0 heterocycles. The number of hydrogen-bond donors (Lipinski definition) is 2. The summed E-state index contributed by atoms with van der Waals surface area (Å²) in [5.41, 5.74) is 9.58. The maximum atomic E-state index is 12.6. The first-order chi connectivity index (χ1) is 15.5. The molecule has 0 saturated heterocycles. The molecule has 0 aromatic heterocycles. The fraction of sp³-hybridized carbons (Fsp3) is 0.154. The van der Waals surface area contributed by atoms with Gasteiger partial charge >= 0.3 is 0 Å². The number of amides is 2. The average Bonchev–Trinajstić information content (AvgIpc) is 2.79. The predicted octanol–water partition coefficient (Wildman–Crippen LogP) is 4.23. The molecule has 3 N–H and O–H groups in total. The Bertz CT molecular complexity index is 1110. The van der Waals surface area contributed by atoms with Crippen molar-refractivity contribution in [3.8, 4) is 5.75 Å². The third kappa shape index (κ3) is 6.22. The second kappa shape index (κ2) is 10.8. The Balaban J connectivity index is 1.78. The molecule has 3 rings (SSSR count). The number of rotatable bonds is 9. The number of hydrogen-bond acceptors (Lipinski definition) is 4. The highest BCUT2D eigenvalue weighted by Crippen LogP contribution is 2.26. The van der Waals surface area contributed by atoms with Crippen LogP contribution >= 0.6 is 0 Å². The van der Waals surface area contributed by atoms with Gasteiger partial charge in [-0.2, -0.15) is 0 Å². The minimum absolute atomic E-state index is 0.0686. The Labute approximate surface area is 188 Å². The summed E-state index contributed by atoms with van der Waals surface area (Å²) in [6.07, 6.45) is 1.54. The lowest BCUT2D eigenvalue weighted by Crippen LogP contribution is -2.33. The van der Waals surface area contributed by atoms with Crippen LogP contribution in [0.25, 0.3) is 5.57 Å². The molecular weight excluding hydrogens is 402 g/mol. The molecule has 0 atom stereocenters. The van der Waals surface area contributed by atoms with E-state index in [-0.39, 0.29) is 12.5 Å². The minimum Gasteiger partial charge on any atom is -0.496 e. The molecule has 0 aliphatic rings. The van der Waals surface area contributed by atoms with Gasteiger partial charge in [0.2, 0.25) is 11.8 Å². The van der Waals surface area contributed by atoms with E-state index in [0.29, 0.717) is 18.0 Å². The summed E-state index contributed by atoms with van der Waals surface area (Å²) in [7, 11) is 1.60. The van der Waals surface area contributed by atoms with Gasteiger partial charge in [0.25, 0.3) is 0 Å². The third-order valence-electron chi connectivity index (χ3n) is 4.92. The number of carbonyl (C=O) groups excluding carboxylic acids is 2. The van der Waals surface area contributed by atoms with Gasteiger partial charge in [-0.1, -0.05) is 54.6 Å². The van der Waals surface area contributed by atoms with Crippen LogP contribution < -0.4 is 20.7 Å². The zero-order valence-corrected chi connectivity index (χ0v) is 18.2. The van der Waals surface area contributed by atoms with Gasteiger partial charge in [0, 0.05) is 29.6 Å². The molecule has 0 aliphatic heterocycles. The summed E-state index contributed by atoms with van der Waals surface area (Å²) in [4.78, 5) is 26.1. The lowest BCUT2D eigenvalue weighted by Gasteiger charge is -2.24. The van der Waals surface area contributed by atoms with E-state index in [9.17, 15) is 9.59 Å². The average molecular weight is 430 g/mol. The number of benzene rings is 3. The van der Waals surface area contributed by atoms with Crippen molar-refractivity contribution in [2.24, 2.45) is 5.73 Å². The fourth-order valence-electron chi connectivity index (χ4n) is 3.43. The second-order valence-electron chi connectivity index (χ2n) is 7.38. The van der Waals surface area contributed by atoms with Crippen molar-refractivity contribution >= 4 is 28.8 Å². The van der Waals surface area contributed by atoms with Crippen molar-refractivity contribution in [3.05, 3.63) is 96.1 Å². The highest BCUT2D eigenvalue weighted by atomic mass is 16.5. The number of methoxy groups -OCH3 is 1. The predicted molar refractivity (Wildman–Crippen MR) is 128 cm³/mol. The van der Waals surface area contributed by atoms with Crippen LogP contribution in [0.1, 0.15) is 18.1 Å². The van der Waals surface area contributed by atoms with E-state index >= 15 is 0 Å². The maximum absolute atomic E-state index is 12.6. The molecule has 6 nitrogen and oxygen atoms in total. The van der Waals surface area contributed by atoms with Crippen LogP contribution in [0.15, 0.2) is 84.9 Å². The van der Waals surface area contributed by atoms with Crippen LogP contribution in [-0.2, 0) is 16.1 Å². The smallest absolute Gasteiger partial charge is 0.248 e. The number of primary amides is 1. The second-order valence-corrected chi connectivity index (χ2v) is 7.38. The molecule has 3 aromatic carbocycles. The van der Waals surface area contributed by atoms with Crippen molar-refractivity contribution in [1.29, 1.82) is 0 Å². The van der Waals surface area contributed by atoms with Gasteiger partial charge in [-0.05, 0) is 42.3 Å².